The van der Waals surface area contributed by atoms with E-state index in [2.05, 4.69) is 46.6 Å². The highest BCUT2D eigenvalue weighted by Crippen LogP contribution is 2.42. The van der Waals surface area contributed by atoms with Gasteiger partial charge in [0, 0.05) is 25.1 Å². The number of nitrogens with zero attached hydrogens (tertiary/aromatic N) is 2. The van der Waals surface area contributed by atoms with Crippen molar-refractivity contribution in [2.75, 3.05) is 13.1 Å². The third-order valence-electron chi connectivity index (χ3n) is 8.07. The second-order valence-electron chi connectivity index (χ2n) is 10.3. The summed E-state index contributed by atoms with van der Waals surface area (Å²) in [5.41, 5.74) is 6.05. The van der Waals surface area contributed by atoms with Crippen LogP contribution in [0.15, 0.2) is 42.5 Å². The Bertz CT molecular complexity index is 1150. The third kappa shape index (κ3) is 4.05. The molecule has 6 nitrogen and oxygen atoms in total. The first kappa shape index (κ1) is 21.5. The zero-order valence-corrected chi connectivity index (χ0v) is 19.5. The normalized spacial score (nSPS) is 23.8. The van der Waals surface area contributed by atoms with E-state index in [1.54, 1.807) is 10.5 Å². The molecule has 2 aromatic carbocycles. The van der Waals surface area contributed by atoms with E-state index in [4.69, 9.17) is 0 Å². The molecule has 2 saturated heterocycles. The van der Waals surface area contributed by atoms with Gasteiger partial charge in [-0.1, -0.05) is 36.4 Å². The molecule has 34 heavy (non-hydrogen) atoms. The lowest BCUT2D eigenvalue weighted by molar-refractivity contribution is -0.136. The Morgan fingerprint density at radius 1 is 0.882 bits per heavy atom. The molecule has 0 spiro atoms. The number of rotatable bonds is 5. The van der Waals surface area contributed by atoms with Gasteiger partial charge in [-0.2, -0.15) is 0 Å². The lowest BCUT2D eigenvalue weighted by Crippen LogP contribution is -2.52. The maximum absolute atomic E-state index is 13.0. The van der Waals surface area contributed by atoms with Gasteiger partial charge in [0.25, 0.3) is 5.91 Å². The molecular weight excluding hydrogens is 426 g/mol. The van der Waals surface area contributed by atoms with E-state index in [-0.39, 0.29) is 24.1 Å². The average molecular weight is 458 g/mol. The maximum Gasteiger partial charge on any atom is 0.255 e. The molecule has 6 rings (SSSR count). The number of nitrogens with one attached hydrogen (secondary N) is 1. The number of piperidine rings is 2. The minimum absolute atomic E-state index is 0.0970. The molecule has 1 unspecified atom stereocenters. The van der Waals surface area contributed by atoms with Crippen LogP contribution in [-0.4, -0.2) is 46.7 Å². The van der Waals surface area contributed by atoms with Gasteiger partial charge in [-0.05, 0) is 85.3 Å². The van der Waals surface area contributed by atoms with Crippen LogP contribution >= 0.6 is 0 Å². The fourth-order valence-corrected chi connectivity index (χ4v) is 5.98. The zero-order valence-electron chi connectivity index (χ0n) is 19.5. The number of hydrogen-bond donors (Lipinski definition) is 1. The summed E-state index contributed by atoms with van der Waals surface area (Å²) in [6.07, 6.45) is 5.59. The van der Waals surface area contributed by atoms with Gasteiger partial charge >= 0.3 is 0 Å². The first-order valence-corrected chi connectivity index (χ1v) is 12.6. The van der Waals surface area contributed by atoms with Gasteiger partial charge in [0.2, 0.25) is 11.8 Å². The second kappa shape index (κ2) is 8.66. The van der Waals surface area contributed by atoms with E-state index in [1.165, 1.54) is 24.0 Å². The van der Waals surface area contributed by atoms with Crippen LogP contribution in [0.5, 0.6) is 0 Å². The van der Waals surface area contributed by atoms with Crippen molar-refractivity contribution >= 4 is 17.7 Å². The SMILES string of the molecule is O=C1CCC(N2Cc3cc(C4CCN(Cc5ccccc5C5CC5)CC4)ccc3C2=O)C(=O)N1. The molecule has 1 aliphatic carbocycles. The van der Waals surface area contributed by atoms with Crippen LogP contribution in [-0.2, 0) is 22.7 Å². The van der Waals surface area contributed by atoms with Crippen LogP contribution in [0, 0.1) is 0 Å². The largest absolute Gasteiger partial charge is 0.322 e. The molecule has 1 atom stereocenters. The van der Waals surface area contributed by atoms with Crippen molar-refractivity contribution in [2.45, 2.75) is 69.5 Å². The van der Waals surface area contributed by atoms with Crippen LogP contribution < -0.4 is 5.32 Å². The van der Waals surface area contributed by atoms with Crippen LogP contribution in [0.1, 0.15) is 83.0 Å². The standard InChI is InChI=1S/C28H31N3O3/c32-26-10-9-25(27(33)29-26)31-17-22-15-20(7-8-24(22)28(31)34)18-11-13-30(14-12-18)16-21-3-1-2-4-23(21)19-5-6-19/h1-4,7-8,15,18-19,25H,5-6,9-14,16-17H2,(H,29,32,33). The molecule has 0 aromatic heterocycles. The minimum atomic E-state index is -0.553. The molecule has 3 fully saturated rings. The van der Waals surface area contributed by atoms with Gasteiger partial charge in [0.05, 0.1) is 0 Å². The van der Waals surface area contributed by atoms with E-state index < -0.39 is 6.04 Å². The predicted molar refractivity (Wildman–Crippen MR) is 128 cm³/mol. The summed E-state index contributed by atoms with van der Waals surface area (Å²) in [6, 6.07) is 14.6. The molecule has 0 radical (unpaired) electrons. The number of carbonyl (C=O) groups is 3. The monoisotopic (exact) mass is 457 g/mol. The van der Waals surface area contributed by atoms with Gasteiger partial charge in [0.1, 0.15) is 6.04 Å². The zero-order chi connectivity index (χ0) is 23.2. The van der Waals surface area contributed by atoms with Gasteiger partial charge in [-0.3, -0.25) is 24.6 Å². The predicted octanol–water partition coefficient (Wildman–Crippen LogP) is 3.70. The van der Waals surface area contributed by atoms with E-state index >= 15 is 0 Å². The van der Waals surface area contributed by atoms with Crippen molar-refractivity contribution in [3.8, 4) is 0 Å². The molecule has 3 aliphatic heterocycles. The lowest BCUT2D eigenvalue weighted by Gasteiger charge is -2.33. The van der Waals surface area contributed by atoms with Gasteiger partial charge in [0.15, 0.2) is 0 Å². The summed E-state index contributed by atoms with van der Waals surface area (Å²) < 4.78 is 0. The second-order valence-corrected chi connectivity index (χ2v) is 10.3. The highest BCUT2D eigenvalue weighted by molar-refractivity contribution is 6.05. The Hall–Kier alpha value is -2.99. The Labute approximate surface area is 200 Å². The Morgan fingerprint density at radius 2 is 1.68 bits per heavy atom. The smallest absolute Gasteiger partial charge is 0.255 e. The fourth-order valence-electron chi connectivity index (χ4n) is 5.98. The summed E-state index contributed by atoms with van der Waals surface area (Å²) in [4.78, 5) is 41.0. The molecule has 6 heteroatoms. The van der Waals surface area contributed by atoms with Crippen molar-refractivity contribution in [3.63, 3.8) is 0 Å². The highest BCUT2D eigenvalue weighted by Gasteiger charge is 2.39. The quantitative estimate of drug-likeness (QED) is 0.695. The molecule has 2 aromatic rings. The summed E-state index contributed by atoms with van der Waals surface area (Å²) in [6.45, 7) is 3.66. The first-order valence-electron chi connectivity index (χ1n) is 12.6. The molecule has 1 N–H and O–H groups in total. The first-order chi connectivity index (χ1) is 16.6. The Balaban J connectivity index is 1.10. The number of benzene rings is 2. The van der Waals surface area contributed by atoms with Crippen molar-refractivity contribution in [3.05, 3.63) is 70.3 Å². The van der Waals surface area contributed by atoms with Gasteiger partial charge in [-0.25, -0.2) is 0 Å². The topological polar surface area (TPSA) is 69.7 Å². The average Bonchev–Trinajstić information content (AvgIpc) is 3.64. The van der Waals surface area contributed by atoms with Crippen molar-refractivity contribution in [2.24, 2.45) is 0 Å². The Morgan fingerprint density at radius 3 is 2.44 bits per heavy atom. The van der Waals surface area contributed by atoms with E-state index in [0.717, 1.165) is 44.0 Å². The lowest BCUT2D eigenvalue weighted by atomic mass is 9.87. The number of fused-ring (bicyclic) bond motifs is 1. The number of hydrogen-bond acceptors (Lipinski definition) is 4. The molecular formula is C28H31N3O3. The van der Waals surface area contributed by atoms with Crippen LogP contribution in [0.3, 0.4) is 0 Å². The maximum atomic E-state index is 13.0. The van der Waals surface area contributed by atoms with Crippen LogP contribution in [0.2, 0.25) is 0 Å². The highest BCUT2D eigenvalue weighted by atomic mass is 16.2. The number of imide groups is 1. The van der Waals surface area contributed by atoms with E-state index in [1.807, 2.05) is 6.07 Å². The van der Waals surface area contributed by atoms with E-state index in [9.17, 15) is 14.4 Å². The number of likely N-dealkylation sites (tertiary alicyclic amines) is 1. The minimum Gasteiger partial charge on any atom is -0.322 e. The molecule has 1 saturated carbocycles. The van der Waals surface area contributed by atoms with Crippen molar-refractivity contribution < 1.29 is 14.4 Å². The van der Waals surface area contributed by atoms with Crippen LogP contribution in [0.25, 0.3) is 0 Å². The van der Waals surface area contributed by atoms with E-state index in [0.29, 0.717) is 24.4 Å². The summed E-state index contributed by atoms with van der Waals surface area (Å²) in [5, 5.41) is 2.37. The molecule has 176 valence electrons. The Kier molecular flexibility index (Phi) is 5.48. The molecule has 4 aliphatic rings. The molecule has 0 bridgehead atoms. The third-order valence-corrected chi connectivity index (χ3v) is 8.07. The van der Waals surface area contributed by atoms with Gasteiger partial charge in [-0.15, -0.1) is 0 Å². The van der Waals surface area contributed by atoms with Crippen LogP contribution in [0.4, 0.5) is 0 Å². The van der Waals surface area contributed by atoms with Crippen molar-refractivity contribution in [1.82, 2.24) is 15.1 Å². The van der Waals surface area contributed by atoms with Crippen molar-refractivity contribution in [1.29, 1.82) is 0 Å². The summed E-state index contributed by atoms with van der Waals surface area (Å²) >= 11 is 0. The number of amides is 3. The molecule has 3 heterocycles. The van der Waals surface area contributed by atoms with Gasteiger partial charge < -0.3 is 4.90 Å². The molecule has 3 amide bonds. The fraction of sp³-hybridized carbons (Fsp3) is 0.464. The summed E-state index contributed by atoms with van der Waals surface area (Å²) in [5.74, 6) is 0.575. The summed E-state index contributed by atoms with van der Waals surface area (Å²) in [7, 11) is 0. The number of carbonyl (C=O) groups excluding carboxylic acids is 3.